The fraction of sp³-hybridized carbons (Fsp3) is 0.348. The Balaban J connectivity index is 1.57. The molecule has 2 N–H and O–H groups in total. The third kappa shape index (κ3) is 4.18. The third-order valence-corrected chi connectivity index (χ3v) is 5.72. The Morgan fingerprint density at radius 2 is 1.97 bits per heavy atom. The number of anilines is 1. The fourth-order valence-electron chi connectivity index (χ4n) is 3.97. The zero-order chi connectivity index (χ0) is 22.7. The summed E-state index contributed by atoms with van der Waals surface area (Å²) < 4.78 is 5.29. The molecule has 32 heavy (non-hydrogen) atoms. The number of hydrogen-bond donors (Lipinski definition) is 2. The van der Waals surface area contributed by atoms with E-state index in [9.17, 15) is 9.59 Å². The molecule has 0 spiro atoms. The van der Waals surface area contributed by atoms with Crippen molar-refractivity contribution < 1.29 is 14.3 Å². The number of amides is 2. The van der Waals surface area contributed by atoms with Crippen LogP contribution in [0, 0.1) is 13.8 Å². The second-order valence-electron chi connectivity index (χ2n) is 7.80. The number of rotatable bonds is 5. The summed E-state index contributed by atoms with van der Waals surface area (Å²) in [5.74, 6) is 0.719. The minimum absolute atomic E-state index is 0.0832. The molecule has 1 aromatic carbocycles. The van der Waals surface area contributed by atoms with E-state index in [4.69, 9.17) is 4.74 Å². The largest absolute Gasteiger partial charge is 0.495 e. The molecule has 4 rings (SSSR count). The maximum absolute atomic E-state index is 13.1. The van der Waals surface area contributed by atoms with Gasteiger partial charge in [0.2, 0.25) is 0 Å². The van der Waals surface area contributed by atoms with Crippen molar-refractivity contribution in [1.29, 1.82) is 0 Å². The highest BCUT2D eigenvalue weighted by Gasteiger charge is 2.32. The Bertz CT molecular complexity index is 1140. The zero-order valence-corrected chi connectivity index (χ0v) is 18.4. The molecule has 3 aromatic rings. The summed E-state index contributed by atoms with van der Waals surface area (Å²) in [6, 6.07) is 6.96. The van der Waals surface area contributed by atoms with Crippen molar-refractivity contribution in [2.24, 2.45) is 0 Å². The number of piperidine rings is 1. The van der Waals surface area contributed by atoms with Crippen molar-refractivity contribution in [2.75, 3.05) is 19.0 Å². The molecule has 9 nitrogen and oxygen atoms in total. The van der Waals surface area contributed by atoms with E-state index in [0.29, 0.717) is 40.6 Å². The number of aryl methyl sites for hydroxylation is 2. The SMILES string of the molecule is COc1ccccc1NC(=O)c1cnc(C2CCCCN2C(=O)c2cn[nH]c2C)nc1C. The highest BCUT2D eigenvalue weighted by molar-refractivity contribution is 6.05. The molecule has 2 aromatic heterocycles. The van der Waals surface area contributed by atoms with Crippen molar-refractivity contribution in [1.82, 2.24) is 25.1 Å². The summed E-state index contributed by atoms with van der Waals surface area (Å²) in [6.45, 7) is 4.24. The second kappa shape index (κ2) is 9.17. The topological polar surface area (TPSA) is 113 Å². The first-order valence-corrected chi connectivity index (χ1v) is 10.6. The van der Waals surface area contributed by atoms with Crippen molar-refractivity contribution in [2.45, 2.75) is 39.2 Å². The van der Waals surface area contributed by atoms with Gasteiger partial charge in [0.25, 0.3) is 11.8 Å². The smallest absolute Gasteiger partial charge is 0.259 e. The van der Waals surface area contributed by atoms with Crippen LogP contribution in [0.25, 0.3) is 0 Å². The summed E-state index contributed by atoms with van der Waals surface area (Å²) in [7, 11) is 1.55. The van der Waals surface area contributed by atoms with Crippen LogP contribution < -0.4 is 10.1 Å². The number of methoxy groups -OCH3 is 1. The standard InChI is InChI=1S/C23H26N6O3/c1-14-16(22(30)27-18-8-4-5-10-20(18)32-3)12-24-21(26-14)19-9-6-7-11-29(19)23(31)17-13-25-28-15(17)2/h4-5,8,10,12-13,19H,6-7,9,11H2,1-3H3,(H,25,28)(H,27,30). The minimum atomic E-state index is -0.316. The van der Waals surface area contributed by atoms with Gasteiger partial charge in [0.1, 0.15) is 5.75 Å². The first kappa shape index (κ1) is 21.5. The van der Waals surface area contributed by atoms with E-state index in [-0.39, 0.29) is 17.9 Å². The molecule has 166 valence electrons. The van der Waals surface area contributed by atoms with Gasteiger partial charge in [-0.05, 0) is 45.2 Å². The minimum Gasteiger partial charge on any atom is -0.495 e. The average Bonchev–Trinajstić information content (AvgIpc) is 3.24. The number of carbonyl (C=O) groups is 2. The van der Waals surface area contributed by atoms with Crippen LogP contribution in [0.15, 0.2) is 36.7 Å². The molecule has 1 aliphatic rings. The lowest BCUT2D eigenvalue weighted by atomic mass is 10.00. The number of aromatic amines is 1. The van der Waals surface area contributed by atoms with Crippen LogP contribution in [-0.4, -0.2) is 50.5 Å². The maximum Gasteiger partial charge on any atom is 0.259 e. The van der Waals surface area contributed by atoms with Gasteiger partial charge in [-0.25, -0.2) is 9.97 Å². The van der Waals surface area contributed by atoms with Gasteiger partial charge in [0.15, 0.2) is 5.82 Å². The third-order valence-electron chi connectivity index (χ3n) is 5.72. The Labute approximate surface area is 186 Å². The Kier molecular flexibility index (Phi) is 6.16. The summed E-state index contributed by atoms with van der Waals surface area (Å²) in [6.07, 6.45) is 5.77. The Morgan fingerprint density at radius 1 is 1.16 bits per heavy atom. The van der Waals surface area contributed by atoms with Crippen LogP contribution in [-0.2, 0) is 0 Å². The number of likely N-dealkylation sites (tertiary alicyclic amines) is 1. The summed E-state index contributed by atoms with van der Waals surface area (Å²) >= 11 is 0. The van der Waals surface area contributed by atoms with Gasteiger partial charge in [-0.15, -0.1) is 0 Å². The molecular formula is C23H26N6O3. The van der Waals surface area contributed by atoms with E-state index < -0.39 is 0 Å². The fourth-order valence-corrected chi connectivity index (χ4v) is 3.97. The van der Waals surface area contributed by atoms with Gasteiger partial charge in [-0.1, -0.05) is 12.1 Å². The molecule has 0 radical (unpaired) electrons. The number of ether oxygens (including phenoxy) is 1. The first-order chi connectivity index (χ1) is 15.5. The highest BCUT2D eigenvalue weighted by atomic mass is 16.5. The van der Waals surface area contributed by atoms with Gasteiger partial charge in [0, 0.05) is 18.4 Å². The van der Waals surface area contributed by atoms with Gasteiger partial charge < -0.3 is 15.0 Å². The summed E-state index contributed by atoms with van der Waals surface area (Å²) in [5, 5.41) is 9.64. The van der Waals surface area contributed by atoms with Gasteiger partial charge in [-0.3, -0.25) is 14.7 Å². The summed E-state index contributed by atoms with van der Waals surface area (Å²) in [5.41, 5.74) is 2.79. The Hall–Kier alpha value is -3.75. The highest BCUT2D eigenvalue weighted by Crippen LogP contribution is 2.31. The van der Waals surface area contributed by atoms with Crippen molar-refractivity contribution in [3.63, 3.8) is 0 Å². The van der Waals surface area contributed by atoms with Crippen LogP contribution in [0.5, 0.6) is 5.75 Å². The lowest BCUT2D eigenvalue weighted by Crippen LogP contribution is -2.39. The molecule has 2 amide bonds. The first-order valence-electron chi connectivity index (χ1n) is 10.6. The van der Waals surface area contributed by atoms with Crippen LogP contribution in [0.1, 0.15) is 63.2 Å². The second-order valence-corrected chi connectivity index (χ2v) is 7.80. The van der Waals surface area contributed by atoms with Gasteiger partial charge in [-0.2, -0.15) is 5.10 Å². The molecule has 0 bridgehead atoms. The van der Waals surface area contributed by atoms with Crippen molar-refractivity contribution in [3.8, 4) is 5.75 Å². The average molecular weight is 435 g/mol. The molecule has 1 aliphatic heterocycles. The molecule has 3 heterocycles. The quantitative estimate of drug-likeness (QED) is 0.636. The van der Waals surface area contributed by atoms with E-state index in [0.717, 1.165) is 25.0 Å². The monoisotopic (exact) mass is 434 g/mol. The lowest BCUT2D eigenvalue weighted by Gasteiger charge is -2.34. The van der Waals surface area contributed by atoms with Crippen LogP contribution in [0.2, 0.25) is 0 Å². The number of benzene rings is 1. The predicted molar refractivity (Wildman–Crippen MR) is 119 cm³/mol. The molecule has 0 aliphatic carbocycles. The van der Waals surface area contributed by atoms with E-state index in [1.54, 1.807) is 32.4 Å². The van der Waals surface area contributed by atoms with E-state index >= 15 is 0 Å². The summed E-state index contributed by atoms with van der Waals surface area (Å²) in [4.78, 5) is 36.9. The molecule has 1 atom stereocenters. The van der Waals surface area contributed by atoms with Crippen LogP contribution in [0.4, 0.5) is 5.69 Å². The van der Waals surface area contributed by atoms with E-state index in [1.165, 1.54) is 6.20 Å². The zero-order valence-electron chi connectivity index (χ0n) is 18.4. The normalized spacial score (nSPS) is 16.0. The number of hydrogen-bond acceptors (Lipinski definition) is 6. The molecule has 1 unspecified atom stereocenters. The molecular weight excluding hydrogens is 408 g/mol. The number of nitrogens with one attached hydrogen (secondary N) is 2. The number of para-hydroxylation sites is 2. The van der Waals surface area contributed by atoms with E-state index in [1.807, 2.05) is 24.0 Å². The van der Waals surface area contributed by atoms with Crippen molar-refractivity contribution in [3.05, 3.63) is 65.0 Å². The molecule has 9 heteroatoms. The molecule has 1 saturated heterocycles. The molecule has 0 saturated carbocycles. The van der Waals surface area contributed by atoms with Crippen molar-refractivity contribution >= 4 is 17.5 Å². The number of carbonyl (C=O) groups excluding carboxylic acids is 2. The predicted octanol–water partition coefficient (Wildman–Crippen LogP) is 3.44. The number of nitrogens with zero attached hydrogens (tertiary/aromatic N) is 4. The van der Waals surface area contributed by atoms with Gasteiger partial charge >= 0.3 is 0 Å². The number of aromatic nitrogens is 4. The maximum atomic E-state index is 13.1. The van der Waals surface area contributed by atoms with Crippen LogP contribution in [0.3, 0.4) is 0 Å². The lowest BCUT2D eigenvalue weighted by molar-refractivity contribution is 0.0598. The molecule has 1 fully saturated rings. The van der Waals surface area contributed by atoms with Gasteiger partial charge in [0.05, 0.1) is 41.9 Å². The Morgan fingerprint density at radius 3 is 2.69 bits per heavy atom. The number of H-pyrrole nitrogens is 1. The van der Waals surface area contributed by atoms with Crippen LogP contribution >= 0.6 is 0 Å². The van der Waals surface area contributed by atoms with E-state index in [2.05, 4.69) is 25.5 Å².